The highest BCUT2D eigenvalue weighted by Crippen LogP contribution is 2.71. The maximum atomic E-state index is 13.4. The smallest absolute Gasteiger partial charge is 0.229 e. The Hall–Kier alpha value is -1.39. The summed E-state index contributed by atoms with van der Waals surface area (Å²) >= 11 is 0. The molecule has 1 N–H and O–H groups in total. The SMILES string of the molecule is Cc1ccc(C23OC4C(O)C5CC4C2C5C(=O)N3C(C)(C)C)cc1. The standard InChI is InChI=1S/C20H25NO3/c1-10-5-7-11(8-6-10)20-15-13-9-12(16(22)17(13)24-20)14(15)18(23)21(20)19(2,3)4/h5-8,12-17,22H,9H2,1-4H3. The van der Waals surface area contributed by atoms with Crippen LogP contribution in [0.2, 0.25) is 0 Å². The molecule has 4 heteroatoms. The summed E-state index contributed by atoms with van der Waals surface area (Å²) < 4.78 is 6.62. The van der Waals surface area contributed by atoms with E-state index in [1.807, 2.05) is 4.90 Å². The van der Waals surface area contributed by atoms with Crippen LogP contribution in [0.15, 0.2) is 24.3 Å². The van der Waals surface area contributed by atoms with E-state index in [2.05, 4.69) is 52.0 Å². The minimum absolute atomic E-state index is 0.0668. The van der Waals surface area contributed by atoms with E-state index < -0.39 is 11.8 Å². The zero-order valence-corrected chi connectivity index (χ0v) is 14.7. The maximum Gasteiger partial charge on any atom is 0.229 e. The number of aliphatic hydroxyl groups excluding tert-OH is 1. The monoisotopic (exact) mass is 327 g/mol. The third-order valence-corrected chi connectivity index (χ3v) is 6.79. The van der Waals surface area contributed by atoms with Gasteiger partial charge in [-0.3, -0.25) is 4.79 Å². The molecule has 1 amide bonds. The van der Waals surface area contributed by atoms with Crippen LogP contribution in [-0.4, -0.2) is 33.7 Å². The first-order valence-electron chi connectivity index (χ1n) is 9.04. The number of hydrogen-bond donors (Lipinski definition) is 1. The van der Waals surface area contributed by atoms with Crippen LogP contribution in [0.1, 0.15) is 38.3 Å². The molecule has 5 rings (SSSR count). The number of carbonyl (C=O) groups excluding carboxylic acids is 1. The topological polar surface area (TPSA) is 49.8 Å². The predicted molar refractivity (Wildman–Crippen MR) is 88.9 cm³/mol. The molecule has 24 heavy (non-hydrogen) atoms. The van der Waals surface area contributed by atoms with Crippen LogP contribution in [-0.2, 0) is 15.3 Å². The fraction of sp³-hybridized carbons (Fsp3) is 0.650. The summed E-state index contributed by atoms with van der Waals surface area (Å²) in [6.07, 6.45) is 0.309. The summed E-state index contributed by atoms with van der Waals surface area (Å²) in [6.45, 7) is 8.32. The molecule has 0 radical (unpaired) electrons. The average Bonchev–Trinajstić information content (AvgIpc) is 3.15. The highest BCUT2D eigenvalue weighted by Gasteiger charge is 2.79. The molecule has 7 unspecified atom stereocenters. The minimum Gasteiger partial charge on any atom is -0.390 e. The van der Waals surface area contributed by atoms with Crippen molar-refractivity contribution in [1.82, 2.24) is 4.90 Å². The van der Waals surface area contributed by atoms with Crippen molar-refractivity contribution in [2.45, 2.75) is 57.6 Å². The van der Waals surface area contributed by atoms with Gasteiger partial charge in [0.1, 0.15) is 0 Å². The number of carbonyl (C=O) groups is 1. The minimum atomic E-state index is -0.713. The summed E-state index contributed by atoms with van der Waals surface area (Å²) in [5.41, 5.74) is 1.23. The molecule has 4 fully saturated rings. The summed E-state index contributed by atoms with van der Waals surface area (Å²) in [7, 11) is 0. The van der Waals surface area contributed by atoms with Crippen LogP contribution < -0.4 is 0 Å². The quantitative estimate of drug-likeness (QED) is 0.862. The Morgan fingerprint density at radius 3 is 2.50 bits per heavy atom. The number of fused-ring (bicyclic) bond motifs is 2. The average molecular weight is 327 g/mol. The summed E-state index contributed by atoms with van der Waals surface area (Å²) in [5, 5.41) is 10.6. The normalized spacial score (nSPS) is 45.5. The van der Waals surface area contributed by atoms with Gasteiger partial charge in [0.15, 0.2) is 5.72 Å². The molecule has 2 saturated carbocycles. The zero-order chi connectivity index (χ0) is 17.0. The van der Waals surface area contributed by atoms with E-state index in [1.54, 1.807) is 0 Å². The molecule has 0 spiro atoms. The summed E-state index contributed by atoms with van der Waals surface area (Å²) in [4.78, 5) is 15.4. The number of rotatable bonds is 1. The first-order valence-corrected chi connectivity index (χ1v) is 9.04. The van der Waals surface area contributed by atoms with Crippen molar-refractivity contribution in [2.24, 2.45) is 23.7 Å². The number of amides is 1. The van der Waals surface area contributed by atoms with Crippen molar-refractivity contribution in [3.63, 3.8) is 0 Å². The van der Waals surface area contributed by atoms with E-state index in [9.17, 15) is 9.90 Å². The molecule has 4 aliphatic rings. The maximum absolute atomic E-state index is 13.4. The van der Waals surface area contributed by atoms with Gasteiger partial charge in [0.2, 0.25) is 5.91 Å². The van der Waals surface area contributed by atoms with Gasteiger partial charge in [0.25, 0.3) is 0 Å². The van der Waals surface area contributed by atoms with Gasteiger partial charge >= 0.3 is 0 Å². The van der Waals surface area contributed by atoms with Crippen molar-refractivity contribution < 1.29 is 14.6 Å². The van der Waals surface area contributed by atoms with E-state index in [-0.39, 0.29) is 35.3 Å². The first-order chi connectivity index (χ1) is 11.3. The van der Waals surface area contributed by atoms with Crippen molar-refractivity contribution in [3.8, 4) is 0 Å². The van der Waals surface area contributed by atoms with E-state index >= 15 is 0 Å². The van der Waals surface area contributed by atoms with Gasteiger partial charge in [0, 0.05) is 17.0 Å². The number of aryl methyl sites for hydroxylation is 1. The van der Waals surface area contributed by atoms with Crippen LogP contribution in [0.25, 0.3) is 0 Å². The van der Waals surface area contributed by atoms with Gasteiger partial charge in [0.05, 0.1) is 18.1 Å². The first kappa shape index (κ1) is 14.9. The Kier molecular flexibility index (Phi) is 2.63. The Labute approximate surface area is 142 Å². The summed E-state index contributed by atoms with van der Waals surface area (Å²) in [6, 6.07) is 8.40. The molecule has 7 atom stereocenters. The molecule has 2 bridgehead atoms. The Morgan fingerprint density at radius 1 is 1.21 bits per heavy atom. The van der Waals surface area contributed by atoms with Crippen LogP contribution in [0.4, 0.5) is 0 Å². The molecule has 4 nitrogen and oxygen atoms in total. The molecule has 1 aromatic rings. The number of nitrogens with zero attached hydrogens (tertiary/aromatic N) is 1. The van der Waals surface area contributed by atoms with Crippen LogP contribution in [0.5, 0.6) is 0 Å². The molecule has 2 saturated heterocycles. The van der Waals surface area contributed by atoms with Crippen molar-refractivity contribution in [2.75, 3.05) is 0 Å². The molecule has 2 aliphatic carbocycles. The summed E-state index contributed by atoms with van der Waals surface area (Å²) in [5.74, 6) is 0.608. The van der Waals surface area contributed by atoms with Crippen molar-refractivity contribution in [1.29, 1.82) is 0 Å². The van der Waals surface area contributed by atoms with Gasteiger partial charge in [-0.2, -0.15) is 0 Å². The lowest BCUT2D eigenvalue weighted by Gasteiger charge is -2.46. The zero-order valence-electron chi connectivity index (χ0n) is 14.7. The lowest BCUT2D eigenvalue weighted by atomic mass is 9.75. The molecular weight excluding hydrogens is 302 g/mol. The molecule has 2 aliphatic heterocycles. The lowest BCUT2D eigenvalue weighted by Crippen LogP contribution is -2.56. The van der Waals surface area contributed by atoms with Crippen molar-refractivity contribution >= 4 is 5.91 Å². The largest absolute Gasteiger partial charge is 0.390 e. The molecular formula is C20H25NO3. The Morgan fingerprint density at radius 2 is 1.88 bits per heavy atom. The number of hydrogen-bond acceptors (Lipinski definition) is 3. The van der Waals surface area contributed by atoms with Crippen LogP contribution in [0.3, 0.4) is 0 Å². The Bertz CT molecular complexity index is 721. The Balaban J connectivity index is 1.75. The highest BCUT2D eigenvalue weighted by molar-refractivity contribution is 5.85. The van der Waals surface area contributed by atoms with E-state index in [0.717, 1.165) is 12.0 Å². The van der Waals surface area contributed by atoms with Gasteiger partial charge < -0.3 is 14.7 Å². The predicted octanol–water partition coefficient (Wildman–Crippen LogP) is 2.43. The second-order valence-corrected chi connectivity index (χ2v) is 9.09. The van der Waals surface area contributed by atoms with Gasteiger partial charge in [-0.05, 0) is 46.0 Å². The number of aliphatic hydroxyl groups is 1. The fourth-order valence-electron chi connectivity index (χ4n) is 6.17. The second kappa shape index (κ2) is 4.23. The van der Waals surface area contributed by atoms with E-state index in [4.69, 9.17) is 4.74 Å². The van der Waals surface area contributed by atoms with Gasteiger partial charge in [-0.1, -0.05) is 29.8 Å². The highest BCUT2D eigenvalue weighted by atomic mass is 16.6. The number of benzene rings is 1. The van der Waals surface area contributed by atoms with E-state index in [1.165, 1.54) is 5.56 Å². The third kappa shape index (κ3) is 1.46. The molecule has 128 valence electrons. The number of likely N-dealkylation sites (tertiary alicyclic amines) is 1. The molecule has 2 heterocycles. The molecule has 0 aromatic heterocycles. The number of ether oxygens (including phenoxy) is 1. The lowest BCUT2D eigenvalue weighted by molar-refractivity contribution is -0.199. The van der Waals surface area contributed by atoms with Crippen LogP contribution in [0, 0.1) is 30.6 Å². The third-order valence-electron chi connectivity index (χ3n) is 6.79. The fourth-order valence-corrected chi connectivity index (χ4v) is 6.17. The van der Waals surface area contributed by atoms with E-state index in [0.29, 0.717) is 5.92 Å². The van der Waals surface area contributed by atoms with Crippen LogP contribution >= 0.6 is 0 Å². The second-order valence-electron chi connectivity index (χ2n) is 9.09. The molecule has 1 aromatic carbocycles. The van der Waals surface area contributed by atoms with Crippen molar-refractivity contribution in [3.05, 3.63) is 35.4 Å². The van der Waals surface area contributed by atoms with Gasteiger partial charge in [-0.25, -0.2) is 0 Å². The van der Waals surface area contributed by atoms with Gasteiger partial charge in [-0.15, -0.1) is 0 Å².